The number of anilines is 1. The van der Waals surface area contributed by atoms with Crippen molar-refractivity contribution in [2.45, 2.75) is 32.6 Å². The van der Waals surface area contributed by atoms with Crippen molar-refractivity contribution in [1.29, 1.82) is 0 Å². The van der Waals surface area contributed by atoms with Gasteiger partial charge in [0.1, 0.15) is 5.69 Å². The van der Waals surface area contributed by atoms with Gasteiger partial charge in [0.05, 0.1) is 16.0 Å². The number of hydrogen-bond acceptors (Lipinski definition) is 6. The number of likely N-dealkylation sites (tertiary alicyclic amines) is 1. The number of aryl methyl sites for hydroxylation is 2. The van der Waals surface area contributed by atoms with E-state index in [4.69, 9.17) is 11.2 Å². The molecule has 0 atom stereocenters. The summed E-state index contributed by atoms with van der Waals surface area (Å²) in [6, 6.07) is 4.01. The molecular formula is C22H23N5O3S. The summed E-state index contributed by atoms with van der Waals surface area (Å²) in [5, 5.41) is 5.46. The van der Waals surface area contributed by atoms with Gasteiger partial charge < -0.3 is 14.6 Å². The van der Waals surface area contributed by atoms with Crippen LogP contribution in [0.3, 0.4) is 0 Å². The molecule has 0 unspecified atom stereocenters. The summed E-state index contributed by atoms with van der Waals surface area (Å²) in [5.74, 6) is 2.60. The van der Waals surface area contributed by atoms with Gasteiger partial charge >= 0.3 is 6.09 Å². The summed E-state index contributed by atoms with van der Waals surface area (Å²) in [5.41, 5.74) is 4.36. The van der Waals surface area contributed by atoms with Crippen molar-refractivity contribution in [2.75, 3.05) is 25.0 Å². The zero-order chi connectivity index (χ0) is 22.0. The van der Waals surface area contributed by atoms with Gasteiger partial charge in [-0.15, -0.1) is 17.8 Å². The lowest BCUT2D eigenvalue weighted by Gasteiger charge is -2.30. The molecule has 160 valence electrons. The number of carbonyl (C=O) groups is 2. The maximum absolute atomic E-state index is 12.7. The molecule has 3 aromatic rings. The molecular weight excluding hydrogens is 414 g/mol. The number of piperidine rings is 1. The number of rotatable bonds is 4. The molecule has 0 spiro atoms. The van der Waals surface area contributed by atoms with Crippen molar-refractivity contribution < 1.29 is 14.3 Å². The summed E-state index contributed by atoms with van der Waals surface area (Å²) in [7, 11) is 0. The van der Waals surface area contributed by atoms with Crippen LogP contribution in [0.25, 0.3) is 11.0 Å². The smallest absolute Gasteiger partial charge is 0.410 e. The SMILES string of the molecule is C#CCOC(=O)N1CCC(c2nc(C(=O)Nc3nc4cc(C)c(C)cc4[nH]3)cs2)CC1. The highest BCUT2D eigenvalue weighted by molar-refractivity contribution is 7.10. The maximum Gasteiger partial charge on any atom is 0.410 e. The number of fused-ring (bicyclic) bond motifs is 1. The second-order valence-electron chi connectivity index (χ2n) is 7.58. The van der Waals surface area contributed by atoms with Gasteiger partial charge in [0.25, 0.3) is 5.91 Å². The molecule has 0 aliphatic carbocycles. The first-order valence-corrected chi connectivity index (χ1v) is 10.9. The average Bonchev–Trinajstić information content (AvgIpc) is 3.39. The first-order valence-electron chi connectivity index (χ1n) is 10.0. The van der Waals surface area contributed by atoms with Gasteiger partial charge in [0, 0.05) is 24.4 Å². The number of thiazole rings is 1. The average molecular weight is 438 g/mol. The maximum atomic E-state index is 12.7. The fourth-order valence-electron chi connectivity index (χ4n) is 3.58. The Balaban J connectivity index is 1.37. The molecule has 2 aromatic heterocycles. The summed E-state index contributed by atoms with van der Waals surface area (Å²) >= 11 is 1.46. The van der Waals surface area contributed by atoms with Gasteiger partial charge in [-0.05, 0) is 49.9 Å². The Labute approximate surface area is 184 Å². The van der Waals surface area contributed by atoms with E-state index in [1.807, 2.05) is 26.0 Å². The second-order valence-corrected chi connectivity index (χ2v) is 8.47. The molecule has 1 aromatic carbocycles. The molecule has 2 amide bonds. The minimum absolute atomic E-state index is 0.0197. The minimum atomic E-state index is -0.383. The fraction of sp³-hybridized carbons (Fsp3) is 0.364. The van der Waals surface area contributed by atoms with Crippen LogP contribution in [0, 0.1) is 26.2 Å². The van der Waals surface area contributed by atoms with E-state index in [1.165, 1.54) is 11.3 Å². The predicted octanol–water partition coefficient (Wildman–Crippen LogP) is 3.84. The Morgan fingerprint density at radius 3 is 2.77 bits per heavy atom. The summed E-state index contributed by atoms with van der Waals surface area (Å²) < 4.78 is 4.97. The number of amides is 2. The number of nitrogens with zero attached hydrogens (tertiary/aromatic N) is 3. The highest BCUT2D eigenvalue weighted by Gasteiger charge is 2.27. The number of aromatic amines is 1. The van der Waals surface area contributed by atoms with Crippen molar-refractivity contribution in [3.8, 4) is 12.3 Å². The molecule has 0 radical (unpaired) electrons. The van der Waals surface area contributed by atoms with E-state index in [2.05, 4.69) is 26.2 Å². The van der Waals surface area contributed by atoms with Crippen LogP contribution in [-0.4, -0.2) is 51.5 Å². The van der Waals surface area contributed by atoms with Gasteiger partial charge in [-0.25, -0.2) is 14.8 Å². The predicted molar refractivity (Wildman–Crippen MR) is 119 cm³/mol. The molecule has 0 saturated carbocycles. The van der Waals surface area contributed by atoms with Gasteiger partial charge in [0.2, 0.25) is 5.95 Å². The van der Waals surface area contributed by atoms with E-state index in [9.17, 15) is 9.59 Å². The Hall–Kier alpha value is -3.38. The number of terminal acetylenes is 1. The highest BCUT2D eigenvalue weighted by atomic mass is 32.1. The molecule has 9 heteroatoms. The number of hydrogen-bond donors (Lipinski definition) is 2. The summed E-state index contributed by atoms with van der Waals surface area (Å²) in [6.45, 7) is 5.20. The van der Waals surface area contributed by atoms with Crippen molar-refractivity contribution in [3.05, 3.63) is 39.3 Å². The molecule has 1 aliphatic heterocycles. The quantitative estimate of drug-likeness (QED) is 0.604. The third kappa shape index (κ3) is 4.54. The molecule has 0 bridgehead atoms. The monoisotopic (exact) mass is 437 g/mol. The normalized spacial score (nSPS) is 14.4. The fourth-order valence-corrected chi connectivity index (χ4v) is 4.55. The van der Waals surface area contributed by atoms with E-state index >= 15 is 0 Å². The lowest BCUT2D eigenvalue weighted by atomic mass is 9.98. The first-order chi connectivity index (χ1) is 14.9. The molecule has 31 heavy (non-hydrogen) atoms. The first kappa shape index (κ1) is 20.9. The van der Waals surface area contributed by atoms with Crippen LogP contribution >= 0.6 is 11.3 Å². The van der Waals surface area contributed by atoms with Gasteiger partial charge in [-0.1, -0.05) is 5.92 Å². The molecule has 4 rings (SSSR count). The van der Waals surface area contributed by atoms with E-state index in [-0.39, 0.29) is 24.5 Å². The molecule has 1 fully saturated rings. The van der Waals surface area contributed by atoms with Crippen molar-refractivity contribution in [2.24, 2.45) is 0 Å². The van der Waals surface area contributed by atoms with Crippen LogP contribution in [0.5, 0.6) is 0 Å². The molecule has 1 saturated heterocycles. The van der Waals surface area contributed by atoms with Crippen LogP contribution in [0.2, 0.25) is 0 Å². The van der Waals surface area contributed by atoms with E-state index in [0.29, 0.717) is 24.7 Å². The molecule has 2 N–H and O–H groups in total. The zero-order valence-electron chi connectivity index (χ0n) is 17.4. The number of carbonyl (C=O) groups excluding carboxylic acids is 2. The second kappa shape index (κ2) is 8.78. The van der Waals surface area contributed by atoms with Crippen LogP contribution < -0.4 is 5.32 Å². The van der Waals surface area contributed by atoms with E-state index < -0.39 is 0 Å². The number of aromatic nitrogens is 3. The zero-order valence-corrected chi connectivity index (χ0v) is 18.2. The molecule has 8 nitrogen and oxygen atoms in total. The van der Waals surface area contributed by atoms with Crippen LogP contribution in [-0.2, 0) is 4.74 Å². The number of benzene rings is 1. The van der Waals surface area contributed by atoms with Crippen molar-refractivity contribution in [1.82, 2.24) is 19.9 Å². The Kier molecular flexibility index (Phi) is 5.91. The van der Waals surface area contributed by atoms with Gasteiger partial charge in [0.15, 0.2) is 6.61 Å². The van der Waals surface area contributed by atoms with Crippen molar-refractivity contribution >= 4 is 40.3 Å². The Morgan fingerprint density at radius 1 is 1.29 bits per heavy atom. The largest absolute Gasteiger partial charge is 0.436 e. The number of imidazole rings is 1. The van der Waals surface area contributed by atoms with Crippen LogP contribution in [0.4, 0.5) is 10.7 Å². The lowest BCUT2D eigenvalue weighted by molar-refractivity contribution is 0.102. The number of H-pyrrole nitrogens is 1. The third-order valence-electron chi connectivity index (χ3n) is 5.47. The summed E-state index contributed by atoms with van der Waals surface area (Å²) in [6.07, 6.45) is 6.27. The minimum Gasteiger partial charge on any atom is -0.436 e. The lowest BCUT2D eigenvalue weighted by Crippen LogP contribution is -2.38. The Morgan fingerprint density at radius 2 is 2.03 bits per heavy atom. The standard InChI is InChI=1S/C22H23N5O3S/c1-4-9-30-22(29)27-7-5-15(6-8-27)20-23-18(12-31-20)19(28)26-21-24-16-10-13(2)14(3)11-17(16)25-21/h1,10-12,15H,5-9H2,2-3H3,(H2,24,25,26,28). The van der Waals surface area contributed by atoms with E-state index in [1.54, 1.807) is 10.3 Å². The topological polar surface area (TPSA) is 100 Å². The van der Waals surface area contributed by atoms with Crippen LogP contribution in [0.15, 0.2) is 17.5 Å². The summed E-state index contributed by atoms with van der Waals surface area (Å²) in [4.78, 5) is 38.3. The van der Waals surface area contributed by atoms with Gasteiger partial charge in [-0.2, -0.15) is 0 Å². The van der Waals surface area contributed by atoms with Crippen LogP contribution in [0.1, 0.15) is 45.4 Å². The number of ether oxygens (including phenoxy) is 1. The highest BCUT2D eigenvalue weighted by Crippen LogP contribution is 2.30. The molecule has 1 aliphatic rings. The van der Waals surface area contributed by atoms with Crippen molar-refractivity contribution in [3.63, 3.8) is 0 Å². The molecule has 3 heterocycles. The van der Waals surface area contributed by atoms with Gasteiger partial charge in [-0.3, -0.25) is 10.1 Å². The third-order valence-corrected chi connectivity index (χ3v) is 6.47. The van der Waals surface area contributed by atoms with E-state index in [0.717, 1.165) is 40.0 Å². The number of nitrogens with one attached hydrogen (secondary N) is 2. The Bertz CT molecular complexity index is 1130.